The standard InChI is InChI=1S/C13H13N5O2S/c14-11-3-4-12(13-10(11)2-1-5-15-13)21(19,20)18-8-9-6-16-17-7-9/h1-7,18H,8,14H2,(H,16,17). The van der Waals surface area contributed by atoms with Crippen molar-refractivity contribution in [3.8, 4) is 0 Å². The molecule has 0 aliphatic carbocycles. The van der Waals surface area contributed by atoms with E-state index in [1.54, 1.807) is 30.6 Å². The van der Waals surface area contributed by atoms with Crippen LogP contribution in [-0.4, -0.2) is 23.6 Å². The zero-order valence-electron chi connectivity index (χ0n) is 10.9. The van der Waals surface area contributed by atoms with E-state index in [4.69, 9.17) is 5.73 Å². The molecule has 0 aliphatic heterocycles. The molecule has 0 bridgehead atoms. The number of hydrogen-bond donors (Lipinski definition) is 3. The van der Waals surface area contributed by atoms with Crippen molar-refractivity contribution in [1.29, 1.82) is 0 Å². The number of aromatic amines is 1. The molecule has 1 aromatic carbocycles. The number of H-pyrrole nitrogens is 1. The van der Waals surface area contributed by atoms with Gasteiger partial charge in [0, 0.05) is 35.6 Å². The smallest absolute Gasteiger partial charge is 0.243 e. The molecule has 8 heteroatoms. The highest BCUT2D eigenvalue weighted by atomic mass is 32.2. The van der Waals surface area contributed by atoms with Crippen LogP contribution in [0.1, 0.15) is 5.56 Å². The number of aromatic nitrogens is 3. The van der Waals surface area contributed by atoms with Crippen LogP contribution in [0.25, 0.3) is 10.9 Å². The molecule has 0 aliphatic rings. The second kappa shape index (κ2) is 5.15. The highest BCUT2D eigenvalue weighted by Crippen LogP contribution is 2.25. The van der Waals surface area contributed by atoms with Gasteiger partial charge in [-0.2, -0.15) is 5.10 Å². The molecular formula is C13H13N5O2S. The first-order chi connectivity index (χ1) is 10.1. The van der Waals surface area contributed by atoms with Crippen LogP contribution >= 0.6 is 0 Å². The third-order valence-electron chi connectivity index (χ3n) is 3.08. The molecule has 21 heavy (non-hydrogen) atoms. The van der Waals surface area contributed by atoms with Gasteiger partial charge in [-0.25, -0.2) is 13.1 Å². The van der Waals surface area contributed by atoms with Gasteiger partial charge in [-0.3, -0.25) is 10.1 Å². The van der Waals surface area contributed by atoms with E-state index in [0.717, 1.165) is 5.56 Å². The Kier molecular flexibility index (Phi) is 3.32. The fraction of sp³-hybridized carbons (Fsp3) is 0.0769. The largest absolute Gasteiger partial charge is 0.398 e. The Morgan fingerprint density at radius 1 is 1.29 bits per heavy atom. The lowest BCUT2D eigenvalue weighted by atomic mass is 10.2. The maximum atomic E-state index is 12.4. The molecule has 0 amide bonds. The number of benzene rings is 1. The van der Waals surface area contributed by atoms with Crippen molar-refractivity contribution in [3.63, 3.8) is 0 Å². The number of nitrogens with two attached hydrogens (primary N) is 1. The van der Waals surface area contributed by atoms with Gasteiger partial charge < -0.3 is 5.73 Å². The lowest BCUT2D eigenvalue weighted by Gasteiger charge is -2.09. The Hall–Kier alpha value is -2.45. The van der Waals surface area contributed by atoms with E-state index in [-0.39, 0.29) is 11.4 Å². The lowest BCUT2D eigenvalue weighted by Crippen LogP contribution is -2.23. The van der Waals surface area contributed by atoms with Gasteiger partial charge in [0.15, 0.2) is 0 Å². The molecule has 3 aromatic rings. The maximum Gasteiger partial charge on any atom is 0.243 e. The number of fused-ring (bicyclic) bond motifs is 1. The second-order valence-electron chi connectivity index (χ2n) is 4.48. The van der Waals surface area contributed by atoms with E-state index < -0.39 is 10.0 Å². The maximum absolute atomic E-state index is 12.4. The molecule has 0 saturated heterocycles. The normalized spacial score (nSPS) is 11.8. The molecule has 4 N–H and O–H groups in total. The van der Waals surface area contributed by atoms with Gasteiger partial charge in [-0.05, 0) is 24.3 Å². The van der Waals surface area contributed by atoms with Gasteiger partial charge in [-0.1, -0.05) is 0 Å². The van der Waals surface area contributed by atoms with Crippen molar-refractivity contribution >= 4 is 26.6 Å². The summed E-state index contributed by atoms with van der Waals surface area (Å²) in [7, 11) is -3.69. The van der Waals surface area contributed by atoms with Crippen LogP contribution in [0.3, 0.4) is 0 Å². The van der Waals surface area contributed by atoms with Crippen LogP contribution in [-0.2, 0) is 16.6 Å². The number of nitrogens with one attached hydrogen (secondary N) is 2. The van der Waals surface area contributed by atoms with Crippen molar-refractivity contribution in [1.82, 2.24) is 19.9 Å². The summed E-state index contributed by atoms with van der Waals surface area (Å²) < 4.78 is 27.4. The third-order valence-corrected chi connectivity index (χ3v) is 4.51. The van der Waals surface area contributed by atoms with Crippen molar-refractivity contribution in [2.24, 2.45) is 0 Å². The summed E-state index contributed by atoms with van der Waals surface area (Å²) in [6, 6.07) is 6.49. The Morgan fingerprint density at radius 2 is 2.14 bits per heavy atom. The van der Waals surface area contributed by atoms with Crippen molar-refractivity contribution < 1.29 is 8.42 Å². The Bertz CT molecular complexity index is 875. The molecule has 7 nitrogen and oxygen atoms in total. The summed E-state index contributed by atoms with van der Waals surface area (Å²) >= 11 is 0. The summed E-state index contributed by atoms with van der Waals surface area (Å²) in [4.78, 5) is 4.24. The molecule has 2 heterocycles. The van der Waals surface area contributed by atoms with Crippen LogP contribution in [0.5, 0.6) is 0 Å². The van der Waals surface area contributed by atoms with E-state index in [9.17, 15) is 8.42 Å². The summed E-state index contributed by atoms with van der Waals surface area (Å²) in [5.41, 5.74) is 7.44. The first kappa shape index (κ1) is 13.5. The van der Waals surface area contributed by atoms with Gasteiger partial charge in [0.05, 0.1) is 11.7 Å². The van der Waals surface area contributed by atoms with Crippen molar-refractivity contribution in [2.75, 3.05) is 5.73 Å². The summed E-state index contributed by atoms with van der Waals surface area (Å²) in [6.07, 6.45) is 4.72. The second-order valence-corrected chi connectivity index (χ2v) is 6.22. The predicted molar refractivity (Wildman–Crippen MR) is 78.8 cm³/mol. The summed E-state index contributed by atoms with van der Waals surface area (Å²) in [6.45, 7) is 0.150. The van der Waals surface area contributed by atoms with Gasteiger partial charge >= 0.3 is 0 Å². The molecule has 0 saturated carbocycles. The first-order valence-electron chi connectivity index (χ1n) is 6.18. The Balaban J connectivity index is 2.01. The van der Waals surface area contributed by atoms with Crippen molar-refractivity contribution in [3.05, 3.63) is 48.4 Å². The van der Waals surface area contributed by atoms with Gasteiger partial charge in [-0.15, -0.1) is 0 Å². The van der Waals surface area contributed by atoms with E-state index in [0.29, 0.717) is 16.6 Å². The molecule has 0 atom stereocenters. The predicted octanol–water partition coefficient (Wildman–Crippen LogP) is 1.02. The SMILES string of the molecule is Nc1ccc(S(=O)(=O)NCc2cn[nH]c2)c2ncccc12. The average molecular weight is 303 g/mol. The minimum absolute atomic E-state index is 0.107. The lowest BCUT2D eigenvalue weighted by molar-refractivity contribution is 0.582. The molecule has 0 fully saturated rings. The zero-order chi connectivity index (χ0) is 14.9. The van der Waals surface area contributed by atoms with Gasteiger partial charge in [0.25, 0.3) is 0 Å². The van der Waals surface area contributed by atoms with Crippen LogP contribution < -0.4 is 10.5 Å². The number of hydrogen-bond acceptors (Lipinski definition) is 5. The molecule has 3 rings (SSSR count). The number of nitrogen functional groups attached to an aromatic ring is 1. The van der Waals surface area contributed by atoms with E-state index >= 15 is 0 Å². The fourth-order valence-electron chi connectivity index (χ4n) is 2.02. The quantitative estimate of drug-likeness (QED) is 0.623. The third kappa shape index (κ3) is 2.58. The Labute approximate surface area is 121 Å². The number of pyridine rings is 1. The van der Waals surface area contributed by atoms with E-state index in [2.05, 4.69) is 19.9 Å². The minimum atomic E-state index is -3.69. The summed E-state index contributed by atoms with van der Waals surface area (Å²) in [5, 5.41) is 7.01. The number of nitrogens with zero attached hydrogens (tertiary/aromatic N) is 2. The molecular weight excluding hydrogens is 290 g/mol. The molecule has 0 unspecified atom stereocenters. The van der Waals surface area contributed by atoms with Crippen LogP contribution in [0, 0.1) is 0 Å². The van der Waals surface area contributed by atoms with Gasteiger partial charge in [0.1, 0.15) is 4.90 Å². The highest BCUT2D eigenvalue weighted by Gasteiger charge is 2.19. The molecule has 108 valence electrons. The average Bonchev–Trinajstić information content (AvgIpc) is 2.99. The van der Waals surface area contributed by atoms with Crippen LogP contribution in [0.2, 0.25) is 0 Å². The number of anilines is 1. The fourth-order valence-corrected chi connectivity index (χ4v) is 3.19. The first-order valence-corrected chi connectivity index (χ1v) is 7.67. The monoisotopic (exact) mass is 303 g/mol. The molecule has 0 spiro atoms. The molecule has 0 radical (unpaired) electrons. The van der Waals surface area contributed by atoms with E-state index in [1.165, 1.54) is 12.3 Å². The number of sulfonamides is 1. The number of rotatable bonds is 4. The minimum Gasteiger partial charge on any atom is -0.398 e. The van der Waals surface area contributed by atoms with Gasteiger partial charge in [0.2, 0.25) is 10.0 Å². The van der Waals surface area contributed by atoms with Crippen LogP contribution in [0.4, 0.5) is 5.69 Å². The molecule has 2 aromatic heterocycles. The van der Waals surface area contributed by atoms with Crippen LogP contribution in [0.15, 0.2) is 47.8 Å². The Morgan fingerprint density at radius 3 is 2.90 bits per heavy atom. The highest BCUT2D eigenvalue weighted by molar-refractivity contribution is 7.89. The zero-order valence-corrected chi connectivity index (χ0v) is 11.8. The summed E-state index contributed by atoms with van der Waals surface area (Å²) in [5.74, 6) is 0. The van der Waals surface area contributed by atoms with Crippen molar-refractivity contribution in [2.45, 2.75) is 11.4 Å². The van der Waals surface area contributed by atoms with E-state index in [1.807, 2.05) is 0 Å². The topological polar surface area (TPSA) is 114 Å².